The molecule has 1 fully saturated rings. The number of aromatic nitrogens is 1. The molecule has 3 aromatic rings. The van der Waals surface area contributed by atoms with Crippen LogP contribution in [0, 0.1) is 0 Å². The topological polar surface area (TPSA) is 63.8 Å². The number of hydrogen-bond donors (Lipinski definition) is 1. The van der Waals surface area contributed by atoms with E-state index in [0.29, 0.717) is 35.2 Å². The zero-order valence-electron chi connectivity index (χ0n) is 16.6. The molecule has 1 aromatic heterocycles. The van der Waals surface area contributed by atoms with E-state index < -0.39 is 0 Å². The molecule has 0 saturated carbocycles. The molecule has 6 nitrogen and oxygen atoms in total. The van der Waals surface area contributed by atoms with Gasteiger partial charge in [-0.05, 0) is 42.8 Å². The van der Waals surface area contributed by atoms with Gasteiger partial charge in [0.15, 0.2) is 17.8 Å². The van der Waals surface area contributed by atoms with Crippen LogP contribution < -0.4 is 19.9 Å². The molecule has 1 aliphatic heterocycles. The van der Waals surface area contributed by atoms with Crippen molar-refractivity contribution in [2.24, 2.45) is 0 Å². The van der Waals surface area contributed by atoms with E-state index in [9.17, 15) is 4.79 Å². The molecule has 1 N–H and O–H groups in total. The number of pyridine rings is 1. The Labute approximate surface area is 180 Å². The summed E-state index contributed by atoms with van der Waals surface area (Å²) >= 11 is 6.25. The van der Waals surface area contributed by atoms with Gasteiger partial charge in [0, 0.05) is 40.6 Å². The van der Waals surface area contributed by atoms with Crippen LogP contribution in [0.3, 0.4) is 0 Å². The molecular weight excluding hydrogens is 404 g/mol. The second-order valence-electron chi connectivity index (χ2n) is 6.99. The summed E-state index contributed by atoms with van der Waals surface area (Å²) in [6.07, 6.45) is 3.14. The van der Waals surface area contributed by atoms with Gasteiger partial charge in [0.1, 0.15) is 0 Å². The van der Waals surface area contributed by atoms with Crippen molar-refractivity contribution in [3.05, 3.63) is 81.7 Å². The number of H-pyrrole nitrogens is 1. The Morgan fingerprint density at radius 3 is 2.73 bits per heavy atom. The molecule has 2 aromatic carbocycles. The van der Waals surface area contributed by atoms with Crippen LogP contribution in [0.15, 0.2) is 65.6 Å². The number of benzene rings is 2. The molecule has 1 aliphatic rings. The van der Waals surface area contributed by atoms with Crippen molar-refractivity contribution >= 4 is 23.0 Å². The Bertz CT molecular complexity index is 1060. The minimum atomic E-state index is -0.286. The predicted molar refractivity (Wildman–Crippen MR) is 117 cm³/mol. The third-order valence-electron chi connectivity index (χ3n) is 4.95. The van der Waals surface area contributed by atoms with Gasteiger partial charge in [-0.15, -0.1) is 0 Å². The molecule has 0 radical (unpaired) electrons. The largest absolute Gasteiger partial charge is 0.493 e. The highest BCUT2D eigenvalue weighted by Crippen LogP contribution is 2.37. The molecule has 0 aliphatic carbocycles. The van der Waals surface area contributed by atoms with Gasteiger partial charge in [0.05, 0.1) is 20.3 Å². The summed E-state index contributed by atoms with van der Waals surface area (Å²) in [6.45, 7) is 1.06. The number of rotatable bonds is 7. The number of aromatic amines is 1. The average Bonchev–Trinajstić information content (AvgIpc) is 3.26. The SMILES string of the molecule is COc1ccc(N(Cc2ccc[nH]c2=O)c2cccc(Cl)c2)cc1O[C@@H]1CCCO1. The molecule has 1 saturated heterocycles. The van der Waals surface area contributed by atoms with Crippen molar-refractivity contribution in [3.63, 3.8) is 0 Å². The van der Waals surface area contributed by atoms with Crippen molar-refractivity contribution in [3.8, 4) is 11.5 Å². The summed E-state index contributed by atoms with van der Waals surface area (Å²) < 4.78 is 17.1. The van der Waals surface area contributed by atoms with Crippen LogP contribution in [-0.4, -0.2) is 25.0 Å². The van der Waals surface area contributed by atoms with Crippen molar-refractivity contribution in [2.75, 3.05) is 18.6 Å². The summed E-state index contributed by atoms with van der Waals surface area (Å²) in [7, 11) is 1.61. The fourth-order valence-electron chi connectivity index (χ4n) is 3.44. The second kappa shape index (κ2) is 9.24. The third-order valence-corrected chi connectivity index (χ3v) is 5.19. The number of nitrogens with zero attached hydrogens (tertiary/aromatic N) is 1. The van der Waals surface area contributed by atoms with Crippen LogP contribution in [0.4, 0.5) is 11.4 Å². The molecule has 1 atom stereocenters. The summed E-state index contributed by atoms with van der Waals surface area (Å²) in [4.78, 5) is 17.1. The molecular formula is C23H23ClN2O4. The standard InChI is InChI=1S/C23H23ClN2O4/c1-28-20-10-9-19(14-21(20)30-22-8-4-12-29-22)26(18-7-2-6-17(24)13-18)15-16-5-3-11-25-23(16)27/h2-3,5-7,9-11,13-14,22H,4,8,12,15H2,1H3,(H,25,27)/t22-/m1/s1. The van der Waals surface area contributed by atoms with Crippen LogP contribution >= 0.6 is 11.6 Å². The fourth-order valence-corrected chi connectivity index (χ4v) is 3.62. The van der Waals surface area contributed by atoms with E-state index in [1.54, 1.807) is 13.3 Å². The van der Waals surface area contributed by atoms with Gasteiger partial charge >= 0.3 is 0 Å². The average molecular weight is 427 g/mol. The first-order valence-corrected chi connectivity index (χ1v) is 10.2. The van der Waals surface area contributed by atoms with Crippen molar-refractivity contribution < 1.29 is 14.2 Å². The van der Waals surface area contributed by atoms with Crippen molar-refractivity contribution in [2.45, 2.75) is 25.7 Å². The smallest absolute Gasteiger partial charge is 0.252 e. The van der Waals surface area contributed by atoms with Gasteiger partial charge in [-0.2, -0.15) is 0 Å². The molecule has 7 heteroatoms. The van der Waals surface area contributed by atoms with Crippen LogP contribution in [0.25, 0.3) is 0 Å². The minimum absolute atomic E-state index is 0.131. The van der Waals surface area contributed by atoms with Gasteiger partial charge in [0.25, 0.3) is 5.56 Å². The first kappa shape index (κ1) is 20.3. The molecule has 2 heterocycles. The van der Waals surface area contributed by atoms with Crippen LogP contribution in [0.1, 0.15) is 18.4 Å². The molecule has 156 valence electrons. The summed E-state index contributed by atoms with van der Waals surface area (Å²) in [5.74, 6) is 1.22. The van der Waals surface area contributed by atoms with Gasteiger partial charge < -0.3 is 24.1 Å². The Hall–Kier alpha value is -2.96. The van der Waals surface area contributed by atoms with Crippen molar-refractivity contribution in [1.29, 1.82) is 0 Å². The van der Waals surface area contributed by atoms with E-state index in [4.69, 9.17) is 25.8 Å². The second-order valence-corrected chi connectivity index (χ2v) is 7.42. The maximum absolute atomic E-state index is 12.3. The number of halogens is 1. The normalized spacial score (nSPS) is 15.7. The van der Waals surface area contributed by atoms with E-state index in [0.717, 1.165) is 24.2 Å². The zero-order chi connectivity index (χ0) is 20.9. The van der Waals surface area contributed by atoms with E-state index in [1.165, 1.54) is 0 Å². The maximum atomic E-state index is 12.3. The number of ether oxygens (including phenoxy) is 3. The Morgan fingerprint density at radius 2 is 2.00 bits per heavy atom. The van der Waals surface area contributed by atoms with Gasteiger partial charge in [-0.1, -0.05) is 23.7 Å². The summed E-state index contributed by atoms with van der Waals surface area (Å²) in [6, 6.07) is 16.8. The van der Waals surface area contributed by atoms with E-state index in [1.807, 2.05) is 59.5 Å². The summed E-state index contributed by atoms with van der Waals surface area (Å²) in [5, 5.41) is 0.615. The van der Waals surface area contributed by atoms with E-state index in [2.05, 4.69) is 4.98 Å². The first-order valence-electron chi connectivity index (χ1n) is 9.80. The third kappa shape index (κ3) is 4.61. The Morgan fingerprint density at radius 1 is 1.13 bits per heavy atom. The Balaban J connectivity index is 1.74. The molecule has 0 spiro atoms. The van der Waals surface area contributed by atoms with E-state index >= 15 is 0 Å². The lowest BCUT2D eigenvalue weighted by Crippen LogP contribution is -2.23. The minimum Gasteiger partial charge on any atom is -0.493 e. The number of anilines is 2. The molecule has 30 heavy (non-hydrogen) atoms. The maximum Gasteiger partial charge on any atom is 0.252 e. The van der Waals surface area contributed by atoms with Crippen LogP contribution in [-0.2, 0) is 11.3 Å². The highest BCUT2D eigenvalue weighted by molar-refractivity contribution is 6.30. The zero-order valence-corrected chi connectivity index (χ0v) is 17.4. The number of nitrogens with one attached hydrogen (secondary N) is 1. The lowest BCUT2D eigenvalue weighted by atomic mass is 10.1. The molecule has 0 amide bonds. The lowest BCUT2D eigenvalue weighted by molar-refractivity contribution is -0.0402. The monoisotopic (exact) mass is 426 g/mol. The lowest BCUT2D eigenvalue weighted by Gasteiger charge is -2.26. The number of hydrogen-bond acceptors (Lipinski definition) is 5. The van der Waals surface area contributed by atoms with Crippen LogP contribution in [0.5, 0.6) is 11.5 Å². The van der Waals surface area contributed by atoms with Gasteiger partial charge in [-0.25, -0.2) is 0 Å². The predicted octanol–water partition coefficient (Wildman–Crippen LogP) is 4.89. The molecule has 0 bridgehead atoms. The molecule has 4 rings (SSSR count). The highest BCUT2D eigenvalue weighted by atomic mass is 35.5. The van der Waals surface area contributed by atoms with E-state index in [-0.39, 0.29) is 11.8 Å². The summed E-state index contributed by atoms with van der Waals surface area (Å²) in [5.41, 5.74) is 2.21. The van der Waals surface area contributed by atoms with Gasteiger partial charge in [-0.3, -0.25) is 4.79 Å². The number of methoxy groups -OCH3 is 1. The van der Waals surface area contributed by atoms with Crippen molar-refractivity contribution in [1.82, 2.24) is 4.98 Å². The quantitative estimate of drug-likeness (QED) is 0.582. The highest BCUT2D eigenvalue weighted by Gasteiger charge is 2.21. The fraction of sp³-hybridized carbons (Fsp3) is 0.261. The molecule has 0 unspecified atom stereocenters. The van der Waals surface area contributed by atoms with Crippen LogP contribution in [0.2, 0.25) is 5.02 Å². The first-order chi connectivity index (χ1) is 14.6. The van der Waals surface area contributed by atoms with Gasteiger partial charge in [0.2, 0.25) is 0 Å². The Kier molecular flexibility index (Phi) is 6.26.